The number of thiazole rings is 1. The number of aromatic nitrogens is 2. The van der Waals surface area contributed by atoms with Gasteiger partial charge in [0.15, 0.2) is 0 Å². The number of rotatable bonds is 6. The molecule has 0 radical (unpaired) electrons. The molecular formula is C17H17N3OS2. The summed E-state index contributed by atoms with van der Waals surface area (Å²) in [5, 5.41) is 4.90. The van der Waals surface area contributed by atoms with Crippen LogP contribution in [0.4, 0.5) is 0 Å². The molecule has 1 N–H and O–H groups in total. The third-order valence-corrected chi connectivity index (χ3v) is 5.54. The Kier molecular flexibility index (Phi) is 5.25. The van der Waals surface area contributed by atoms with Crippen LogP contribution in [-0.4, -0.2) is 28.2 Å². The van der Waals surface area contributed by atoms with Gasteiger partial charge in [0.2, 0.25) is 5.91 Å². The van der Waals surface area contributed by atoms with Crippen molar-refractivity contribution in [1.82, 2.24) is 15.3 Å². The van der Waals surface area contributed by atoms with Gasteiger partial charge in [-0.25, -0.2) is 9.97 Å². The first-order chi connectivity index (χ1) is 11.2. The standard InChI is InChI=1S/C17H17N3OS2/c1-12(17-20-13-6-2-3-7-14(13)23-17)10-19-15(21)11-22-16-8-4-5-9-18-16/h2-9,12H,10-11H2,1H3,(H,19,21). The van der Waals surface area contributed by atoms with Crippen molar-refractivity contribution in [1.29, 1.82) is 0 Å². The molecule has 3 aromatic rings. The maximum atomic E-state index is 11.9. The van der Waals surface area contributed by atoms with Crippen LogP contribution in [0.2, 0.25) is 0 Å². The van der Waals surface area contributed by atoms with Gasteiger partial charge in [0, 0.05) is 18.7 Å². The number of nitrogens with zero attached hydrogens (tertiary/aromatic N) is 2. The lowest BCUT2D eigenvalue weighted by atomic mass is 10.2. The number of carbonyl (C=O) groups excluding carboxylic acids is 1. The normalized spacial score (nSPS) is 12.2. The van der Waals surface area contributed by atoms with Crippen LogP contribution in [0, 0.1) is 0 Å². The van der Waals surface area contributed by atoms with E-state index in [0.717, 1.165) is 15.6 Å². The zero-order valence-electron chi connectivity index (χ0n) is 12.7. The van der Waals surface area contributed by atoms with E-state index in [4.69, 9.17) is 0 Å². The van der Waals surface area contributed by atoms with Crippen LogP contribution in [0.5, 0.6) is 0 Å². The van der Waals surface area contributed by atoms with Crippen molar-refractivity contribution in [3.05, 3.63) is 53.7 Å². The van der Waals surface area contributed by atoms with Gasteiger partial charge in [-0.15, -0.1) is 11.3 Å². The molecule has 1 amide bonds. The van der Waals surface area contributed by atoms with E-state index in [2.05, 4.69) is 28.3 Å². The second kappa shape index (κ2) is 7.57. The Morgan fingerprint density at radius 3 is 2.87 bits per heavy atom. The molecule has 0 aliphatic heterocycles. The van der Waals surface area contributed by atoms with Gasteiger partial charge in [-0.05, 0) is 24.3 Å². The zero-order chi connectivity index (χ0) is 16.1. The first kappa shape index (κ1) is 16.0. The summed E-state index contributed by atoms with van der Waals surface area (Å²) < 4.78 is 1.19. The lowest BCUT2D eigenvalue weighted by Crippen LogP contribution is -2.28. The first-order valence-electron chi connectivity index (χ1n) is 7.38. The average Bonchev–Trinajstić information content (AvgIpc) is 3.03. The van der Waals surface area contributed by atoms with E-state index in [-0.39, 0.29) is 11.8 Å². The van der Waals surface area contributed by atoms with Crippen molar-refractivity contribution < 1.29 is 4.79 Å². The van der Waals surface area contributed by atoms with E-state index >= 15 is 0 Å². The van der Waals surface area contributed by atoms with Crippen molar-refractivity contribution in [2.24, 2.45) is 0 Å². The molecule has 0 bridgehead atoms. The molecule has 2 heterocycles. The molecule has 0 aliphatic carbocycles. The number of nitrogens with one attached hydrogen (secondary N) is 1. The van der Waals surface area contributed by atoms with E-state index in [0.29, 0.717) is 12.3 Å². The maximum Gasteiger partial charge on any atom is 0.230 e. The minimum atomic E-state index is 0.0219. The minimum absolute atomic E-state index is 0.0219. The summed E-state index contributed by atoms with van der Waals surface area (Å²) in [5.74, 6) is 0.605. The third-order valence-electron chi connectivity index (χ3n) is 3.33. The number of carbonyl (C=O) groups is 1. The smallest absolute Gasteiger partial charge is 0.230 e. The number of thioether (sulfide) groups is 1. The van der Waals surface area contributed by atoms with Crippen LogP contribution in [0.3, 0.4) is 0 Å². The summed E-state index contributed by atoms with van der Waals surface area (Å²) in [5.41, 5.74) is 1.02. The van der Waals surface area contributed by atoms with Crippen molar-refractivity contribution in [2.45, 2.75) is 17.9 Å². The molecule has 0 aliphatic rings. The molecule has 1 atom stereocenters. The topological polar surface area (TPSA) is 54.9 Å². The molecule has 23 heavy (non-hydrogen) atoms. The molecule has 4 nitrogen and oxygen atoms in total. The molecule has 0 saturated heterocycles. The third kappa shape index (κ3) is 4.30. The van der Waals surface area contributed by atoms with Crippen LogP contribution in [-0.2, 0) is 4.79 Å². The first-order valence-corrected chi connectivity index (χ1v) is 9.18. The second-order valence-corrected chi connectivity index (χ2v) is 7.24. The molecule has 3 rings (SSSR count). The maximum absolute atomic E-state index is 11.9. The highest BCUT2D eigenvalue weighted by Gasteiger charge is 2.13. The van der Waals surface area contributed by atoms with Crippen LogP contribution in [0.15, 0.2) is 53.7 Å². The number of hydrogen-bond donors (Lipinski definition) is 1. The number of para-hydroxylation sites is 1. The summed E-state index contributed by atoms with van der Waals surface area (Å²) in [6, 6.07) is 13.8. The number of benzene rings is 1. The van der Waals surface area contributed by atoms with E-state index in [1.165, 1.54) is 16.5 Å². The Balaban J connectivity index is 1.50. The largest absolute Gasteiger partial charge is 0.355 e. The van der Waals surface area contributed by atoms with E-state index in [1.807, 2.05) is 36.4 Å². The van der Waals surface area contributed by atoms with Crippen LogP contribution >= 0.6 is 23.1 Å². The second-order valence-electron chi connectivity index (χ2n) is 5.18. The number of fused-ring (bicyclic) bond motifs is 1. The average molecular weight is 343 g/mol. The Bertz CT molecular complexity index is 756. The summed E-state index contributed by atoms with van der Waals surface area (Å²) >= 11 is 3.13. The van der Waals surface area contributed by atoms with Crippen molar-refractivity contribution in [3.63, 3.8) is 0 Å². The molecule has 6 heteroatoms. The number of hydrogen-bond acceptors (Lipinski definition) is 5. The van der Waals surface area contributed by atoms with Gasteiger partial charge in [0.1, 0.15) is 0 Å². The van der Waals surface area contributed by atoms with E-state index in [9.17, 15) is 4.79 Å². The number of amides is 1. The predicted octanol–water partition coefficient (Wildman–Crippen LogP) is 3.70. The minimum Gasteiger partial charge on any atom is -0.355 e. The van der Waals surface area contributed by atoms with E-state index < -0.39 is 0 Å². The molecule has 118 valence electrons. The quantitative estimate of drug-likeness (QED) is 0.693. The fourth-order valence-corrected chi connectivity index (χ4v) is 3.79. The fraction of sp³-hybridized carbons (Fsp3) is 0.235. The molecule has 0 fully saturated rings. The summed E-state index contributed by atoms with van der Waals surface area (Å²) in [7, 11) is 0. The van der Waals surface area contributed by atoms with Crippen molar-refractivity contribution in [2.75, 3.05) is 12.3 Å². The lowest BCUT2D eigenvalue weighted by molar-refractivity contribution is -0.118. The Hall–Kier alpha value is -1.92. The zero-order valence-corrected chi connectivity index (χ0v) is 14.4. The van der Waals surface area contributed by atoms with Gasteiger partial charge in [-0.1, -0.05) is 36.9 Å². The Morgan fingerprint density at radius 1 is 1.26 bits per heavy atom. The summed E-state index contributed by atoms with van der Waals surface area (Å²) in [6.07, 6.45) is 1.73. The highest BCUT2D eigenvalue weighted by Crippen LogP contribution is 2.26. The number of pyridine rings is 1. The van der Waals surface area contributed by atoms with Crippen LogP contribution in [0.1, 0.15) is 17.8 Å². The molecule has 1 unspecified atom stereocenters. The fourth-order valence-electron chi connectivity index (χ4n) is 2.08. The lowest BCUT2D eigenvalue weighted by Gasteiger charge is -2.09. The molecular weight excluding hydrogens is 326 g/mol. The van der Waals surface area contributed by atoms with Crippen molar-refractivity contribution in [3.8, 4) is 0 Å². The highest BCUT2D eigenvalue weighted by molar-refractivity contribution is 7.99. The van der Waals surface area contributed by atoms with Gasteiger partial charge in [-0.3, -0.25) is 4.79 Å². The predicted molar refractivity (Wildman–Crippen MR) is 96.0 cm³/mol. The molecule has 1 aromatic carbocycles. The Labute approximate surface area is 143 Å². The van der Waals surface area contributed by atoms with Gasteiger partial charge >= 0.3 is 0 Å². The monoisotopic (exact) mass is 343 g/mol. The summed E-state index contributed by atoms with van der Waals surface area (Å²) in [6.45, 7) is 2.69. The van der Waals surface area contributed by atoms with Crippen LogP contribution in [0.25, 0.3) is 10.2 Å². The molecule has 0 saturated carbocycles. The van der Waals surface area contributed by atoms with E-state index in [1.54, 1.807) is 17.5 Å². The van der Waals surface area contributed by atoms with Gasteiger partial charge in [-0.2, -0.15) is 0 Å². The van der Waals surface area contributed by atoms with Gasteiger partial charge in [0.25, 0.3) is 0 Å². The Morgan fingerprint density at radius 2 is 2.09 bits per heavy atom. The molecule has 0 spiro atoms. The molecule has 2 aromatic heterocycles. The van der Waals surface area contributed by atoms with Gasteiger partial charge < -0.3 is 5.32 Å². The summed E-state index contributed by atoms with van der Waals surface area (Å²) in [4.78, 5) is 20.8. The SMILES string of the molecule is CC(CNC(=O)CSc1ccccn1)c1nc2ccccc2s1. The van der Waals surface area contributed by atoms with Crippen molar-refractivity contribution >= 4 is 39.2 Å². The van der Waals surface area contributed by atoms with Crippen LogP contribution < -0.4 is 5.32 Å². The van der Waals surface area contributed by atoms with Gasteiger partial charge in [0.05, 0.1) is 26.0 Å². The highest BCUT2D eigenvalue weighted by atomic mass is 32.2.